The van der Waals surface area contributed by atoms with Crippen LogP contribution in [0.15, 0.2) is 0 Å². The number of aryl methyl sites for hydroxylation is 1. The van der Waals surface area contributed by atoms with Gasteiger partial charge >= 0.3 is 5.97 Å². The summed E-state index contributed by atoms with van der Waals surface area (Å²) in [4.78, 5) is 19.2. The fourth-order valence-electron chi connectivity index (χ4n) is 3.67. The number of fused-ring (bicyclic) bond motifs is 2. The molecule has 0 spiro atoms. The maximum absolute atomic E-state index is 12.6. The molecule has 1 aromatic rings. The summed E-state index contributed by atoms with van der Waals surface area (Å²) in [6.45, 7) is 3.74. The molecule has 3 unspecified atom stereocenters. The van der Waals surface area contributed by atoms with Gasteiger partial charge in [-0.2, -0.15) is 4.37 Å². The summed E-state index contributed by atoms with van der Waals surface area (Å²) in [5.41, 5.74) is -0.870. The number of methoxy groups -OCH3 is 3. The second-order valence-electron chi connectivity index (χ2n) is 5.55. The summed E-state index contributed by atoms with van der Waals surface area (Å²) in [5, 5.41) is 0.678. The number of carbonyl (C=O) groups is 1. The van der Waals surface area contributed by atoms with Crippen LogP contribution in [0.5, 0.6) is 0 Å². The van der Waals surface area contributed by atoms with Crippen molar-refractivity contribution in [3.63, 3.8) is 0 Å². The first-order valence-electron chi connectivity index (χ1n) is 6.74. The Morgan fingerprint density at radius 2 is 2.05 bits per heavy atom. The first kappa shape index (κ1) is 14.8. The van der Waals surface area contributed by atoms with Crippen LogP contribution >= 0.6 is 11.5 Å². The molecule has 0 radical (unpaired) electrons. The molecule has 0 saturated carbocycles. The van der Waals surface area contributed by atoms with Gasteiger partial charge in [0.1, 0.15) is 16.2 Å². The Kier molecular flexibility index (Phi) is 3.52. The number of hydrogen-bond acceptors (Lipinski definition) is 8. The number of esters is 1. The Bertz CT molecular complexity index is 559. The van der Waals surface area contributed by atoms with E-state index in [-0.39, 0.29) is 11.9 Å². The lowest BCUT2D eigenvalue weighted by Gasteiger charge is -2.43. The number of nitrogens with zero attached hydrogens (tertiary/aromatic N) is 3. The minimum Gasteiger partial charge on any atom is -0.468 e. The zero-order chi connectivity index (χ0) is 15.3. The predicted octanol–water partition coefficient (Wildman–Crippen LogP) is 0.192. The lowest BCUT2D eigenvalue weighted by atomic mass is 9.73. The number of ether oxygens (including phenoxy) is 3. The van der Waals surface area contributed by atoms with Gasteiger partial charge in [-0.3, -0.25) is 9.69 Å². The minimum atomic E-state index is -0.870. The number of piperidine rings is 1. The van der Waals surface area contributed by atoms with Gasteiger partial charge in [0.25, 0.3) is 0 Å². The molecule has 2 fully saturated rings. The molecule has 2 aliphatic rings. The van der Waals surface area contributed by atoms with Gasteiger partial charge in [-0.1, -0.05) is 0 Å². The number of carbonyl (C=O) groups excluding carboxylic acids is 1. The Labute approximate surface area is 127 Å². The average Bonchev–Trinajstić information content (AvgIpc) is 3.18. The molecule has 3 atom stereocenters. The predicted molar refractivity (Wildman–Crippen MR) is 75.0 cm³/mol. The zero-order valence-corrected chi connectivity index (χ0v) is 13.4. The molecule has 0 amide bonds. The van der Waals surface area contributed by atoms with Gasteiger partial charge in [-0.15, -0.1) is 0 Å². The van der Waals surface area contributed by atoms with E-state index in [2.05, 4.69) is 14.3 Å². The smallest absolute Gasteiger partial charge is 0.320 e. The number of rotatable bonds is 4. The molecule has 2 aliphatic heterocycles. The SMILES string of the molecule is COC(=O)C1(c2nc(C)ns2)CN2CC1C(OC)(OC)C2. The van der Waals surface area contributed by atoms with E-state index < -0.39 is 11.2 Å². The summed E-state index contributed by atoms with van der Waals surface area (Å²) >= 11 is 1.25. The van der Waals surface area contributed by atoms with E-state index in [1.54, 1.807) is 14.2 Å². The number of hydrogen-bond donors (Lipinski definition) is 0. The Morgan fingerprint density at radius 1 is 1.33 bits per heavy atom. The highest BCUT2D eigenvalue weighted by Gasteiger charge is 2.69. The molecule has 2 bridgehead atoms. The molecule has 7 nitrogen and oxygen atoms in total. The van der Waals surface area contributed by atoms with Gasteiger partial charge in [0.15, 0.2) is 5.79 Å². The molecule has 2 saturated heterocycles. The lowest BCUT2D eigenvalue weighted by molar-refractivity contribution is -0.242. The van der Waals surface area contributed by atoms with Crippen LogP contribution in [0.1, 0.15) is 10.8 Å². The average molecular weight is 313 g/mol. The molecule has 116 valence electrons. The normalized spacial score (nSPS) is 33.3. The topological polar surface area (TPSA) is 73.8 Å². The van der Waals surface area contributed by atoms with Gasteiger partial charge in [0, 0.05) is 27.3 Å². The van der Waals surface area contributed by atoms with Crippen molar-refractivity contribution in [2.75, 3.05) is 41.0 Å². The summed E-state index contributed by atoms with van der Waals surface area (Å²) in [6, 6.07) is 0. The van der Waals surface area contributed by atoms with E-state index in [1.165, 1.54) is 18.6 Å². The van der Waals surface area contributed by atoms with Gasteiger partial charge in [0.2, 0.25) is 0 Å². The fraction of sp³-hybridized carbons (Fsp3) is 0.769. The van der Waals surface area contributed by atoms with Gasteiger partial charge in [-0.05, 0) is 18.5 Å². The van der Waals surface area contributed by atoms with E-state index in [9.17, 15) is 4.79 Å². The molecule has 8 heteroatoms. The summed E-state index contributed by atoms with van der Waals surface area (Å²) in [7, 11) is 4.62. The molecular formula is C13H19N3O4S. The maximum atomic E-state index is 12.6. The quantitative estimate of drug-likeness (QED) is 0.580. The molecule has 21 heavy (non-hydrogen) atoms. The van der Waals surface area contributed by atoms with Crippen LogP contribution in [0.2, 0.25) is 0 Å². The highest BCUT2D eigenvalue weighted by molar-refractivity contribution is 7.05. The molecule has 0 aromatic carbocycles. The zero-order valence-electron chi connectivity index (χ0n) is 12.6. The second-order valence-corrected chi connectivity index (χ2v) is 6.30. The minimum absolute atomic E-state index is 0.167. The van der Waals surface area contributed by atoms with Crippen LogP contribution in [-0.2, 0) is 24.4 Å². The first-order valence-corrected chi connectivity index (χ1v) is 7.51. The fourth-order valence-corrected chi connectivity index (χ4v) is 4.55. The van der Waals surface area contributed by atoms with Crippen LogP contribution in [0.4, 0.5) is 0 Å². The van der Waals surface area contributed by atoms with E-state index in [0.717, 1.165) is 6.54 Å². The van der Waals surface area contributed by atoms with Crippen molar-refractivity contribution >= 4 is 17.5 Å². The van der Waals surface area contributed by atoms with Crippen molar-refractivity contribution in [2.24, 2.45) is 5.92 Å². The largest absolute Gasteiger partial charge is 0.468 e. The third-order valence-corrected chi connectivity index (χ3v) is 5.62. The van der Waals surface area contributed by atoms with Gasteiger partial charge in [0.05, 0.1) is 19.6 Å². The van der Waals surface area contributed by atoms with E-state index in [1.807, 2.05) is 6.92 Å². The highest BCUT2D eigenvalue weighted by Crippen LogP contribution is 2.52. The summed E-state index contributed by atoms with van der Waals surface area (Å²) in [5.74, 6) is -0.618. The third kappa shape index (κ3) is 1.86. The molecule has 0 N–H and O–H groups in total. The van der Waals surface area contributed by atoms with Crippen LogP contribution in [-0.4, -0.2) is 67.0 Å². The molecule has 3 heterocycles. The van der Waals surface area contributed by atoms with Crippen molar-refractivity contribution in [3.05, 3.63) is 10.8 Å². The van der Waals surface area contributed by atoms with Crippen LogP contribution in [0.3, 0.4) is 0 Å². The Balaban J connectivity index is 2.12. The van der Waals surface area contributed by atoms with Crippen molar-refractivity contribution in [1.29, 1.82) is 0 Å². The molecular weight excluding hydrogens is 294 g/mol. The van der Waals surface area contributed by atoms with Crippen molar-refractivity contribution in [2.45, 2.75) is 18.1 Å². The molecule has 3 rings (SSSR count). The van der Waals surface area contributed by atoms with Gasteiger partial charge in [-0.25, -0.2) is 4.98 Å². The maximum Gasteiger partial charge on any atom is 0.320 e. The van der Waals surface area contributed by atoms with E-state index >= 15 is 0 Å². The number of aromatic nitrogens is 2. The van der Waals surface area contributed by atoms with Crippen LogP contribution in [0.25, 0.3) is 0 Å². The second kappa shape index (κ2) is 4.98. The van der Waals surface area contributed by atoms with Crippen molar-refractivity contribution < 1.29 is 19.0 Å². The Morgan fingerprint density at radius 3 is 2.52 bits per heavy atom. The summed E-state index contributed by atoms with van der Waals surface area (Å²) < 4.78 is 20.6. The Hall–Kier alpha value is -1.09. The van der Waals surface area contributed by atoms with Crippen molar-refractivity contribution in [1.82, 2.24) is 14.3 Å². The monoisotopic (exact) mass is 313 g/mol. The highest BCUT2D eigenvalue weighted by atomic mass is 32.1. The standard InChI is InChI=1S/C13H19N3O4S/c1-8-14-10(21-15-8)12(11(17)18-2)6-16-5-9(12)13(7-16,19-3)20-4/h9H,5-7H2,1-4H3. The van der Waals surface area contributed by atoms with Crippen LogP contribution in [0, 0.1) is 12.8 Å². The first-order chi connectivity index (χ1) is 10.0. The van der Waals surface area contributed by atoms with Crippen LogP contribution < -0.4 is 0 Å². The summed E-state index contributed by atoms with van der Waals surface area (Å²) in [6.07, 6.45) is 0. The molecule has 1 aromatic heterocycles. The van der Waals surface area contributed by atoms with E-state index in [4.69, 9.17) is 14.2 Å². The van der Waals surface area contributed by atoms with Crippen molar-refractivity contribution in [3.8, 4) is 0 Å². The third-order valence-electron chi connectivity index (χ3n) is 4.63. The van der Waals surface area contributed by atoms with Gasteiger partial charge < -0.3 is 14.2 Å². The molecule has 0 aliphatic carbocycles. The lowest BCUT2D eigenvalue weighted by Crippen LogP contribution is -2.60. The van der Waals surface area contributed by atoms with E-state index in [0.29, 0.717) is 23.9 Å².